The highest BCUT2D eigenvalue weighted by Gasteiger charge is 2.25. The smallest absolute Gasteiger partial charge is 0.242 e. The summed E-state index contributed by atoms with van der Waals surface area (Å²) in [7, 11) is 0. The van der Waals surface area contributed by atoms with Gasteiger partial charge in [0.05, 0.1) is 6.54 Å². The second-order valence-corrected chi connectivity index (χ2v) is 6.21. The third kappa shape index (κ3) is 3.79. The van der Waals surface area contributed by atoms with E-state index in [9.17, 15) is 4.79 Å². The topological polar surface area (TPSA) is 49.3 Å². The Kier molecular flexibility index (Phi) is 4.48. The van der Waals surface area contributed by atoms with Crippen molar-refractivity contribution >= 4 is 23.3 Å². The number of hydrogen-bond donors (Lipinski definition) is 0. The van der Waals surface area contributed by atoms with E-state index in [4.69, 9.17) is 11.6 Å². The minimum Gasteiger partial charge on any atom is -0.345 e. The van der Waals surface area contributed by atoms with Gasteiger partial charge in [0.25, 0.3) is 0 Å². The van der Waals surface area contributed by atoms with E-state index in [1.807, 2.05) is 54.0 Å². The summed E-state index contributed by atoms with van der Waals surface area (Å²) in [5.74, 6) is 1.67. The number of amides is 1. The molecule has 1 fully saturated rings. The van der Waals surface area contributed by atoms with Crippen LogP contribution in [0.3, 0.4) is 0 Å². The Bertz CT molecular complexity index is 697. The van der Waals surface area contributed by atoms with Gasteiger partial charge in [0.15, 0.2) is 0 Å². The van der Waals surface area contributed by atoms with Crippen LogP contribution in [0.15, 0.2) is 30.3 Å². The first-order chi connectivity index (χ1) is 11.0. The van der Waals surface area contributed by atoms with Gasteiger partial charge in [-0.2, -0.15) is 0 Å². The van der Waals surface area contributed by atoms with Crippen LogP contribution < -0.4 is 4.90 Å². The lowest BCUT2D eigenvalue weighted by molar-refractivity contribution is -0.131. The first-order valence-electron chi connectivity index (χ1n) is 7.61. The zero-order valence-electron chi connectivity index (χ0n) is 13.3. The Balaban J connectivity index is 1.67. The third-order valence-corrected chi connectivity index (χ3v) is 4.13. The van der Waals surface area contributed by atoms with Gasteiger partial charge in [-0.05, 0) is 31.5 Å². The minimum atomic E-state index is 0.111. The molecule has 3 rings (SSSR count). The summed E-state index contributed by atoms with van der Waals surface area (Å²) < 4.78 is 0. The number of aryl methyl sites for hydroxylation is 2. The molecule has 1 aliphatic heterocycles. The molecule has 1 aromatic heterocycles. The predicted molar refractivity (Wildman–Crippen MR) is 90.6 cm³/mol. The van der Waals surface area contributed by atoms with E-state index in [0.29, 0.717) is 24.7 Å². The van der Waals surface area contributed by atoms with Crippen LogP contribution in [0.25, 0.3) is 0 Å². The van der Waals surface area contributed by atoms with E-state index >= 15 is 0 Å². The van der Waals surface area contributed by atoms with Crippen LogP contribution >= 0.6 is 11.6 Å². The molecule has 1 aromatic carbocycles. The van der Waals surface area contributed by atoms with E-state index in [2.05, 4.69) is 9.97 Å². The number of halogens is 1. The molecule has 0 bridgehead atoms. The largest absolute Gasteiger partial charge is 0.345 e. The van der Waals surface area contributed by atoms with Crippen LogP contribution in [0, 0.1) is 13.8 Å². The van der Waals surface area contributed by atoms with Crippen molar-refractivity contribution in [1.29, 1.82) is 0 Å². The van der Waals surface area contributed by atoms with Gasteiger partial charge >= 0.3 is 0 Å². The first kappa shape index (κ1) is 15.7. The fourth-order valence-electron chi connectivity index (χ4n) is 2.74. The molecular formula is C17H19ClN4O. The molecule has 23 heavy (non-hydrogen) atoms. The zero-order chi connectivity index (χ0) is 16.4. The van der Waals surface area contributed by atoms with Gasteiger partial charge in [-0.3, -0.25) is 4.79 Å². The fraction of sp³-hybridized carbons (Fsp3) is 0.353. The summed E-state index contributed by atoms with van der Waals surface area (Å²) in [5, 5.41) is 0.708. The maximum absolute atomic E-state index is 12.4. The van der Waals surface area contributed by atoms with E-state index in [1.165, 1.54) is 0 Å². The number of nitrogens with zero attached hydrogens (tertiary/aromatic N) is 4. The summed E-state index contributed by atoms with van der Waals surface area (Å²) in [6.07, 6.45) is 0. The van der Waals surface area contributed by atoms with Gasteiger partial charge < -0.3 is 9.80 Å². The Morgan fingerprint density at radius 3 is 2.52 bits per heavy atom. The number of aromatic nitrogens is 2. The number of anilines is 1. The molecule has 120 valence electrons. The molecule has 0 saturated carbocycles. The van der Waals surface area contributed by atoms with E-state index < -0.39 is 0 Å². The van der Waals surface area contributed by atoms with Crippen LogP contribution in [0.4, 0.5) is 5.82 Å². The van der Waals surface area contributed by atoms with E-state index in [1.54, 1.807) is 0 Å². The Morgan fingerprint density at radius 2 is 1.87 bits per heavy atom. The van der Waals surface area contributed by atoms with E-state index in [0.717, 1.165) is 29.4 Å². The molecule has 0 unspecified atom stereocenters. The average Bonchev–Trinajstić information content (AvgIpc) is 2.50. The summed E-state index contributed by atoms with van der Waals surface area (Å²) in [6.45, 7) is 6.24. The number of piperazine rings is 1. The molecule has 1 amide bonds. The van der Waals surface area contributed by atoms with Crippen LogP contribution in [-0.4, -0.2) is 40.4 Å². The second kappa shape index (κ2) is 6.54. The summed E-state index contributed by atoms with van der Waals surface area (Å²) in [6, 6.07) is 9.54. The van der Waals surface area contributed by atoms with E-state index in [-0.39, 0.29) is 5.91 Å². The fourth-order valence-corrected chi connectivity index (χ4v) is 2.87. The number of carbonyl (C=O) groups excluding carboxylic acids is 1. The molecule has 6 heteroatoms. The van der Waals surface area contributed by atoms with Crippen LogP contribution in [0.1, 0.15) is 17.1 Å². The standard InChI is InChI=1S/C17H19ClN4O/c1-12-9-16(20-13(2)19-12)21-7-8-22(17(23)11-21)10-14-3-5-15(18)6-4-14/h3-6,9H,7-8,10-11H2,1-2H3. The summed E-state index contributed by atoms with van der Waals surface area (Å²) in [5.41, 5.74) is 2.01. The Labute approximate surface area is 140 Å². The van der Waals surface area contributed by atoms with Gasteiger partial charge in [-0.15, -0.1) is 0 Å². The lowest BCUT2D eigenvalue weighted by atomic mass is 10.2. The highest BCUT2D eigenvalue weighted by atomic mass is 35.5. The maximum Gasteiger partial charge on any atom is 0.242 e. The van der Waals surface area contributed by atoms with Crippen LogP contribution in [0.2, 0.25) is 5.02 Å². The van der Waals surface area contributed by atoms with Gasteiger partial charge in [-0.25, -0.2) is 9.97 Å². The molecule has 2 aromatic rings. The second-order valence-electron chi connectivity index (χ2n) is 5.78. The normalized spacial score (nSPS) is 15.2. The third-order valence-electron chi connectivity index (χ3n) is 3.88. The van der Waals surface area contributed by atoms with Gasteiger partial charge in [-0.1, -0.05) is 23.7 Å². The molecule has 0 spiro atoms. The highest BCUT2D eigenvalue weighted by Crippen LogP contribution is 2.18. The summed E-state index contributed by atoms with van der Waals surface area (Å²) >= 11 is 5.90. The Morgan fingerprint density at radius 1 is 1.13 bits per heavy atom. The van der Waals surface area contributed by atoms with Gasteiger partial charge in [0.1, 0.15) is 11.6 Å². The lowest BCUT2D eigenvalue weighted by Crippen LogP contribution is -2.50. The van der Waals surface area contributed by atoms with Crippen molar-refractivity contribution in [3.8, 4) is 0 Å². The maximum atomic E-state index is 12.4. The van der Waals surface area contributed by atoms with Crippen LogP contribution in [0.5, 0.6) is 0 Å². The number of rotatable bonds is 3. The summed E-state index contributed by atoms with van der Waals surface area (Å²) in [4.78, 5) is 25.0. The number of benzene rings is 1. The van der Waals surface area contributed by atoms with Gasteiger partial charge in [0.2, 0.25) is 5.91 Å². The average molecular weight is 331 g/mol. The Hall–Kier alpha value is -2.14. The molecule has 0 N–H and O–H groups in total. The number of hydrogen-bond acceptors (Lipinski definition) is 4. The predicted octanol–water partition coefficient (Wildman–Crippen LogP) is 2.60. The molecule has 0 atom stereocenters. The molecule has 1 saturated heterocycles. The molecule has 2 heterocycles. The quantitative estimate of drug-likeness (QED) is 0.868. The van der Waals surface area contributed by atoms with Crippen LogP contribution in [-0.2, 0) is 11.3 Å². The lowest BCUT2D eigenvalue weighted by Gasteiger charge is -2.35. The molecule has 0 radical (unpaired) electrons. The molecule has 5 nitrogen and oxygen atoms in total. The monoisotopic (exact) mass is 330 g/mol. The van der Waals surface area contributed by atoms with Crippen molar-refractivity contribution in [3.63, 3.8) is 0 Å². The van der Waals surface area contributed by atoms with Crippen molar-refractivity contribution in [3.05, 3.63) is 52.4 Å². The van der Waals surface area contributed by atoms with Crippen molar-refractivity contribution in [2.75, 3.05) is 24.5 Å². The van der Waals surface area contributed by atoms with Crippen molar-refractivity contribution in [1.82, 2.24) is 14.9 Å². The zero-order valence-corrected chi connectivity index (χ0v) is 14.0. The molecule has 1 aliphatic rings. The van der Waals surface area contributed by atoms with Crippen molar-refractivity contribution in [2.45, 2.75) is 20.4 Å². The first-order valence-corrected chi connectivity index (χ1v) is 7.98. The number of carbonyl (C=O) groups is 1. The molecular weight excluding hydrogens is 312 g/mol. The van der Waals surface area contributed by atoms with Gasteiger partial charge in [0, 0.05) is 36.4 Å². The van der Waals surface area contributed by atoms with Crippen molar-refractivity contribution in [2.24, 2.45) is 0 Å². The highest BCUT2D eigenvalue weighted by molar-refractivity contribution is 6.30. The van der Waals surface area contributed by atoms with Crippen molar-refractivity contribution < 1.29 is 4.79 Å². The minimum absolute atomic E-state index is 0.111. The molecule has 0 aliphatic carbocycles. The SMILES string of the molecule is Cc1cc(N2CCN(Cc3ccc(Cl)cc3)C(=O)C2)nc(C)n1.